The van der Waals surface area contributed by atoms with Gasteiger partial charge in [-0.25, -0.2) is 9.18 Å². The molecule has 1 aromatic rings. The molecule has 8 heteroatoms. The average molecular weight is 374 g/mol. The highest BCUT2D eigenvalue weighted by molar-refractivity contribution is 5.90. The van der Waals surface area contributed by atoms with Crippen LogP contribution in [0.4, 0.5) is 17.6 Å². The number of alkyl halides is 4. The fourth-order valence-corrected chi connectivity index (χ4v) is 4.63. The number of hydrogen-bond donors (Lipinski definition) is 0. The minimum absolute atomic E-state index is 0.0260. The van der Waals surface area contributed by atoms with Crippen molar-refractivity contribution in [1.82, 2.24) is 9.78 Å². The molecule has 1 spiro atoms. The van der Waals surface area contributed by atoms with Crippen LogP contribution >= 0.6 is 0 Å². The van der Waals surface area contributed by atoms with Gasteiger partial charge in [-0.05, 0) is 50.9 Å². The van der Waals surface area contributed by atoms with Crippen molar-refractivity contribution < 1.29 is 27.1 Å². The molecule has 0 saturated heterocycles. The molecule has 4 nitrogen and oxygen atoms in total. The highest BCUT2D eigenvalue weighted by Gasteiger charge is 2.58. The van der Waals surface area contributed by atoms with Crippen LogP contribution in [0.1, 0.15) is 79.5 Å². The second kappa shape index (κ2) is 5.70. The Morgan fingerprint density at radius 1 is 1.31 bits per heavy atom. The van der Waals surface area contributed by atoms with Gasteiger partial charge in [0.05, 0.1) is 18.8 Å². The maximum Gasteiger partial charge on any atom is 0.420 e. The monoisotopic (exact) mass is 374 g/mol. The summed E-state index contributed by atoms with van der Waals surface area (Å²) in [5, 5.41) is 4.06. The lowest BCUT2D eigenvalue weighted by atomic mass is 9.50. The summed E-state index contributed by atoms with van der Waals surface area (Å²) in [6, 6.07) is 0. The van der Waals surface area contributed by atoms with Gasteiger partial charge >= 0.3 is 12.1 Å². The Morgan fingerprint density at radius 2 is 1.96 bits per heavy atom. The molecule has 0 amide bonds. The second-order valence-electron chi connectivity index (χ2n) is 8.12. The Bertz CT molecular complexity index is 724. The summed E-state index contributed by atoms with van der Waals surface area (Å²) < 4.78 is 61.9. The highest BCUT2D eigenvalue weighted by Crippen LogP contribution is 2.62. The summed E-state index contributed by atoms with van der Waals surface area (Å²) in [5.74, 6) is -1.39. The SMILES string of the molecule is CCOC(=O)c1c(C(F)(F)F)c(C2CC2)nn1CC1(F)CC2(CCC2)C1. The second-order valence-corrected chi connectivity index (χ2v) is 8.12. The van der Waals surface area contributed by atoms with E-state index in [1.165, 1.54) is 6.92 Å². The number of esters is 1. The van der Waals surface area contributed by atoms with Crippen LogP contribution in [-0.4, -0.2) is 28.0 Å². The van der Waals surface area contributed by atoms with E-state index in [4.69, 9.17) is 4.74 Å². The van der Waals surface area contributed by atoms with Gasteiger partial charge in [0.25, 0.3) is 0 Å². The zero-order valence-corrected chi connectivity index (χ0v) is 14.7. The molecule has 0 atom stereocenters. The molecular formula is C18H22F4N2O2. The van der Waals surface area contributed by atoms with Gasteiger partial charge in [-0.2, -0.15) is 18.3 Å². The van der Waals surface area contributed by atoms with Crippen LogP contribution in [0, 0.1) is 5.41 Å². The molecule has 3 aliphatic rings. The van der Waals surface area contributed by atoms with Crippen LogP contribution in [0.2, 0.25) is 0 Å². The summed E-state index contributed by atoms with van der Waals surface area (Å²) in [6.07, 6.45) is 0.183. The van der Waals surface area contributed by atoms with E-state index in [0.717, 1.165) is 23.9 Å². The fraction of sp³-hybridized carbons (Fsp3) is 0.778. The Morgan fingerprint density at radius 3 is 2.42 bits per heavy atom. The van der Waals surface area contributed by atoms with Gasteiger partial charge in [0.15, 0.2) is 5.69 Å². The van der Waals surface area contributed by atoms with Crippen molar-refractivity contribution in [3.8, 4) is 0 Å². The Balaban J connectivity index is 1.70. The Hall–Kier alpha value is -1.60. The number of ether oxygens (including phenoxy) is 1. The first-order valence-electron chi connectivity index (χ1n) is 9.20. The number of carbonyl (C=O) groups excluding carboxylic acids is 1. The highest BCUT2D eigenvalue weighted by atomic mass is 19.4. The third kappa shape index (κ3) is 2.91. The zero-order valence-electron chi connectivity index (χ0n) is 14.7. The molecule has 3 aliphatic carbocycles. The van der Waals surface area contributed by atoms with Gasteiger partial charge in [0.1, 0.15) is 11.2 Å². The third-order valence-corrected chi connectivity index (χ3v) is 5.93. The summed E-state index contributed by atoms with van der Waals surface area (Å²) in [5.41, 5.74) is -3.40. The van der Waals surface area contributed by atoms with Crippen molar-refractivity contribution in [1.29, 1.82) is 0 Å². The lowest BCUT2D eigenvalue weighted by molar-refractivity contribution is -0.139. The van der Waals surface area contributed by atoms with Crippen LogP contribution in [0.25, 0.3) is 0 Å². The maximum atomic E-state index is 15.1. The molecule has 26 heavy (non-hydrogen) atoms. The van der Waals surface area contributed by atoms with Crippen LogP contribution in [0.15, 0.2) is 0 Å². The largest absolute Gasteiger partial charge is 0.461 e. The van der Waals surface area contributed by atoms with Crippen LogP contribution in [0.3, 0.4) is 0 Å². The minimum atomic E-state index is -4.73. The third-order valence-electron chi connectivity index (χ3n) is 5.93. The first kappa shape index (κ1) is 17.8. The van der Waals surface area contributed by atoms with Gasteiger partial charge in [0, 0.05) is 5.92 Å². The first-order chi connectivity index (χ1) is 12.2. The smallest absolute Gasteiger partial charge is 0.420 e. The van der Waals surface area contributed by atoms with Crippen molar-refractivity contribution >= 4 is 5.97 Å². The number of carbonyl (C=O) groups is 1. The summed E-state index contributed by atoms with van der Waals surface area (Å²) in [7, 11) is 0. The molecule has 1 aromatic heterocycles. The summed E-state index contributed by atoms with van der Waals surface area (Å²) in [6.45, 7) is 1.15. The molecule has 0 unspecified atom stereocenters. The Labute approximate surface area is 148 Å². The quantitative estimate of drug-likeness (QED) is 0.558. The number of nitrogens with zero attached hydrogens (tertiary/aromatic N) is 2. The number of halogens is 4. The summed E-state index contributed by atoms with van der Waals surface area (Å²) in [4.78, 5) is 12.3. The minimum Gasteiger partial charge on any atom is -0.461 e. The van der Waals surface area contributed by atoms with Crippen molar-refractivity contribution in [3.63, 3.8) is 0 Å². The van der Waals surface area contributed by atoms with Gasteiger partial charge in [-0.1, -0.05) is 6.42 Å². The number of aromatic nitrogens is 2. The molecule has 0 N–H and O–H groups in total. The van der Waals surface area contributed by atoms with E-state index in [0.29, 0.717) is 25.7 Å². The predicted molar refractivity (Wildman–Crippen MR) is 84.5 cm³/mol. The van der Waals surface area contributed by atoms with E-state index in [1.54, 1.807) is 0 Å². The molecule has 4 rings (SSSR count). The van der Waals surface area contributed by atoms with Gasteiger partial charge in [-0.15, -0.1) is 0 Å². The van der Waals surface area contributed by atoms with E-state index in [9.17, 15) is 18.0 Å². The van der Waals surface area contributed by atoms with Crippen molar-refractivity contribution in [2.24, 2.45) is 5.41 Å². The number of hydrogen-bond acceptors (Lipinski definition) is 3. The first-order valence-corrected chi connectivity index (χ1v) is 9.20. The van der Waals surface area contributed by atoms with E-state index < -0.39 is 29.1 Å². The molecule has 0 bridgehead atoms. The van der Waals surface area contributed by atoms with Crippen molar-refractivity contribution in [3.05, 3.63) is 17.0 Å². The normalized spacial score (nSPS) is 23.4. The van der Waals surface area contributed by atoms with E-state index >= 15 is 4.39 Å². The zero-order chi connectivity index (χ0) is 18.7. The lowest BCUT2D eigenvalue weighted by Crippen LogP contribution is -2.54. The predicted octanol–water partition coefficient (Wildman–Crippen LogP) is 4.63. The van der Waals surface area contributed by atoms with Crippen molar-refractivity contribution in [2.45, 2.75) is 76.2 Å². The Kier molecular flexibility index (Phi) is 3.90. The van der Waals surface area contributed by atoms with E-state index in [1.807, 2.05) is 0 Å². The molecular weight excluding hydrogens is 352 g/mol. The van der Waals surface area contributed by atoms with Crippen LogP contribution < -0.4 is 0 Å². The number of rotatable bonds is 5. The van der Waals surface area contributed by atoms with Gasteiger partial charge in [0.2, 0.25) is 0 Å². The standard InChI is InChI=1S/C18H22F4N2O2/c1-2-26-15(25)14-12(18(20,21)22)13(11-4-5-11)23-24(14)10-17(19)8-16(9-17)6-3-7-16/h11H,2-10H2,1H3. The average Bonchev–Trinajstić information content (AvgIpc) is 3.23. The van der Waals surface area contributed by atoms with Gasteiger partial charge in [-0.3, -0.25) is 4.68 Å². The van der Waals surface area contributed by atoms with Gasteiger partial charge < -0.3 is 4.74 Å². The molecule has 3 fully saturated rings. The van der Waals surface area contributed by atoms with E-state index in [-0.39, 0.29) is 30.2 Å². The molecule has 144 valence electrons. The van der Waals surface area contributed by atoms with Crippen LogP contribution in [0.5, 0.6) is 0 Å². The van der Waals surface area contributed by atoms with Crippen molar-refractivity contribution in [2.75, 3.05) is 6.61 Å². The van der Waals surface area contributed by atoms with E-state index in [2.05, 4.69) is 5.10 Å². The topological polar surface area (TPSA) is 44.1 Å². The molecule has 3 saturated carbocycles. The summed E-state index contributed by atoms with van der Waals surface area (Å²) >= 11 is 0. The molecule has 0 radical (unpaired) electrons. The lowest BCUT2D eigenvalue weighted by Gasteiger charge is -2.57. The molecule has 1 heterocycles. The molecule has 0 aliphatic heterocycles. The fourth-order valence-electron chi connectivity index (χ4n) is 4.63. The molecule has 0 aromatic carbocycles. The maximum absolute atomic E-state index is 15.1. The van der Waals surface area contributed by atoms with Crippen LogP contribution in [-0.2, 0) is 17.5 Å².